The molecule has 44 heavy (non-hydrogen) atoms. The van der Waals surface area contributed by atoms with Gasteiger partial charge < -0.3 is 35.1 Å². The normalized spacial score (nSPS) is 36.6. The zero-order valence-electron chi connectivity index (χ0n) is 21.9. The number of H-pyrrole nitrogens is 1. The summed E-state index contributed by atoms with van der Waals surface area (Å²) in [5, 5.41) is 11.1. The Morgan fingerprint density at radius 2 is 1.77 bits per heavy atom. The molecular formula is C20H23FN10O9P2S2. The van der Waals surface area contributed by atoms with Gasteiger partial charge in [0.2, 0.25) is 13.5 Å². The standard InChI is InChI=1S/C20H23FN10O9P2S2/c21-8-12-7(38-18(8)30-4-26-9-14(22)24-3-25-15(9)30)2-36-42(34,44)40-13-11(32)6(1-35-41(43)39-12)37-19(13)31-5-27-10-16(31)28-20(23)29-17(10)33/h3-8,11-13,18-19,32,43H,1-2H2,(H,34,44)(H2,22,24,25)(H3,23,28,29,33)/t6?,7?,8?,11?,12?,13?,18?,19?,41-,42-/m0/s1. The Kier molecular flexibility index (Phi) is 7.81. The molecule has 10 atom stereocenters. The van der Waals surface area contributed by atoms with Crippen molar-refractivity contribution in [3.8, 4) is 0 Å². The molecule has 4 aromatic heterocycles. The maximum absolute atomic E-state index is 16.0. The fourth-order valence-corrected chi connectivity index (χ4v) is 7.96. The molecule has 7 rings (SSSR count). The van der Waals surface area contributed by atoms with Crippen molar-refractivity contribution in [1.82, 2.24) is 39.0 Å². The number of aliphatic hydroxyl groups excluding tert-OH is 1. The minimum absolute atomic E-state index is 0.00992. The number of rotatable bonds is 2. The van der Waals surface area contributed by atoms with Gasteiger partial charge in [-0.05, 0) is 0 Å². The number of halogens is 1. The van der Waals surface area contributed by atoms with Crippen molar-refractivity contribution in [2.45, 2.75) is 49.1 Å². The van der Waals surface area contributed by atoms with Crippen LogP contribution < -0.4 is 17.0 Å². The Hall–Kier alpha value is -2.49. The Morgan fingerprint density at radius 3 is 2.57 bits per heavy atom. The third-order valence-electron chi connectivity index (χ3n) is 7.18. The molecule has 24 heteroatoms. The molecule has 19 nitrogen and oxygen atoms in total. The van der Waals surface area contributed by atoms with Crippen molar-refractivity contribution in [1.29, 1.82) is 0 Å². The lowest BCUT2D eigenvalue weighted by molar-refractivity contribution is -0.0548. The lowest BCUT2D eigenvalue weighted by atomic mass is 10.1. The van der Waals surface area contributed by atoms with Crippen LogP contribution in [0.25, 0.3) is 22.3 Å². The second-order valence-corrected chi connectivity index (χ2v) is 14.7. The number of aromatic amines is 1. The molecule has 0 amide bonds. The fraction of sp³-hybridized carbons (Fsp3) is 0.500. The highest BCUT2D eigenvalue weighted by Crippen LogP contribution is 2.58. The molecule has 236 valence electrons. The number of hydrogen-bond donors (Lipinski definition) is 6. The van der Waals surface area contributed by atoms with Gasteiger partial charge >= 0.3 is 6.80 Å². The topological polar surface area (TPSA) is 252 Å². The number of nitrogen functional groups attached to an aromatic ring is 2. The first-order chi connectivity index (χ1) is 21.0. The second-order valence-electron chi connectivity index (χ2n) is 9.86. The minimum atomic E-state index is -4.33. The summed E-state index contributed by atoms with van der Waals surface area (Å²) in [6.45, 7) is -5.16. The molecular weight excluding hydrogens is 669 g/mol. The molecule has 0 aromatic carbocycles. The molecule has 8 unspecified atom stereocenters. The van der Waals surface area contributed by atoms with E-state index < -0.39 is 75.7 Å². The van der Waals surface area contributed by atoms with E-state index in [1.165, 1.54) is 28.1 Å². The molecule has 6 N–H and O–H groups in total. The highest BCUT2D eigenvalue weighted by atomic mass is 32.7. The van der Waals surface area contributed by atoms with Crippen LogP contribution in [0, 0.1) is 0 Å². The maximum Gasteiger partial charge on any atom is 0.386 e. The molecule has 4 aromatic rings. The van der Waals surface area contributed by atoms with Gasteiger partial charge in [0.15, 0.2) is 41.3 Å². The van der Waals surface area contributed by atoms with Gasteiger partial charge in [0, 0.05) is 0 Å². The van der Waals surface area contributed by atoms with Crippen molar-refractivity contribution in [3.63, 3.8) is 0 Å². The number of hydrogen-bond acceptors (Lipinski definition) is 17. The minimum Gasteiger partial charge on any atom is -0.387 e. The van der Waals surface area contributed by atoms with E-state index in [0.29, 0.717) is 0 Å². The van der Waals surface area contributed by atoms with E-state index in [4.69, 9.17) is 39.0 Å². The lowest BCUT2D eigenvalue weighted by Gasteiger charge is -2.26. The van der Waals surface area contributed by atoms with Crippen molar-refractivity contribution in [2.75, 3.05) is 24.7 Å². The van der Waals surface area contributed by atoms with Crippen molar-refractivity contribution in [2.24, 2.45) is 0 Å². The summed E-state index contributed by atoms with van der Waals surface area (Å²) in [6, 6.07) is 0. The molecule has 0 aliphatic carbocycles. The summed E-state index contributed by atoms with van der Waals surface area (Å²) in [6.07, 6.45) is -7.11. The van der Waals surface area contributed by atoms with E-state index in [1.807, 2.05) is 0 Å². The summed E-state index contributed by atoms with van der Waals surface area (Å²) in [5.41, 5.74) is 11.4. The quantitative estimate of drug-likeness (QED) is 0.124. The molecule has 2 bridgehead atoms. The predicted molar refractivity (Wildman–Crippen MR) is 155 cm³/mol. The van der Waals surface area contributed by atoms with E-state index in [2.05, 4.69) is 54.4 Å². The Labute approximate surface area is 256 Å². The van der Waals surface area contributed by atoms with Crippen molar-refractivity contribution < 1.29 is 41.6 Å². The predicted octanol–water partition coefficient (Wildman–Crippen LogP) is 0.629. The van der Waals surface area contributed by atoms with Crippen LogP contribution in [0.15, 0.2) is 23.8 Å². The largest absolute Gasteiger partial charge is 0.387 e. The number of ether oxygens (including phenoxy) is 2. The van der Waals surface area contributed by atoms with Gasteiger partial charge in [-0.15, -0.1) is 0 Å². The zero-order valence-corrected chi connectivity index (χ0v) is 25.5. The number of fused-ring (bicyclic) bond motifs is 5. The number of aromatic nitrogens is 8. The highest BCUT2D eigenvalue weighted by Gasteiger charge is 2.52. The monoisotopic (exact) mass is 692 g/mol. The van der Waals surface area contributed by atoms with Gasteiger partial charge in [-0.25, -0.2) is 28.9 Å². The number of anilines is 2. The Bertz CT molecular complexity index is 1830. The van der Waals surface area contributed by atoms with Crippen LogP contribution in [0.3, 0.4) is 0 Å². The van der Waals surface area contributed by atoms with Crippen LogP contribution in [0.2, 0.25) is 0 Å². The van der Waals surface area contributed by atoms with Crippen molar-refractivity contribution in [3.05, 3.63) is 29.3 Å². The second kappa shape index (κ2) is 11.4. The van der Waals surface area contributed by atoms with Crippen LogP contribution in [-0.4, -0.2) is 94.0 Å². The van der Waals surface area contributed by atoms with Crippen LogP contribution in [0.5, 0.6) is 0 Å². The number of nitrogens with zero attached hydrogens (tertiary/aromatic N) is 7. The lowest BCUT2D eigenvalue weighted by Crippen LogP contribution is -2.35. The molecule has 0 radical (unpaired) electrons. The maximum atomic E-state index is 16.0. The van der Waals surface area contributed by atoms with E-state index >= 15 is 4.39 Å². The van der Waals surface area contributed by atoms with E-state index in [1.54, 1.807) is 0 Å². The number of imidazole rings is 2. The van der Waals surface area contributed by atoms with Gasteiger partial charge in [-0.1, -0.05) is 24.5 Å². The average molecular weight is 693 g/mol. The molecule has 3 aliphatic heterocycles. The van der Waals surface area contributed by atoms with Crippen LogP contribution in [-0.2, 0) is 32.1 Å². The molecule has 7 heterocycles. The molecule has 3 fully saturated rings. The van der Waals surface area contributed by atoms with E-state index in [-0.39, 0.29) is 40.7 Å². The summed E-state index contributed by atoms with van der Waals surface area (Å²) in [4.78, 5) is 35.0. The summed E-state index contributed by atoms with van der Waals surface area (Å²) >= 11 is 8.43. The van der Waals surface area contributed by atoms with E-state index in [0.717, 1.165) is 0 Å². The number of alkyl halides is 1. The summed E-state index contributed by atoms with van der Waals surface area (Å²) < 4.78 is 66.7. The third-order valence-corrected chi connectivity index (χ3v) is 10.2. The third kappa shape index (κ3) is 5.26. The first kappa shape index (κ1) is 30.2. The first-order valence-corrected chi connectivity index (χ1v) is 17.8. The van der Waals surface area contributed by atoms with Gasteiger partial charge in [-0.3, -0.25) is 28.0 Å². The number of aliphatic hydroxyl groups is 1. The number of nitrogens with one attached hydrogen (secondary N) is 1. The smallest absolute Gasteiger partial charge is 0.386 e. The first-order valence-electron chi connectivity index (χ1n) is 12.7. The highest BCUT2D eigenvalue weighted by molar-refractivity contribution is 8.44. The molecule has 0 saturated carbocycles. The average Bonchev–Trinajstić information content (AvgIpc) is 3.72. The van der Waals surface area contributed by atoms with Gasteiger partial charge in [0.25, 0.3) is 5.56 Å². The number of thiol groups is 2. The Morgan fingerprint density at radius 1 is 1.05 bits per heavy atom. The fourth-order valence-electron chi connectivity index (χ4n) is 5.18. The summed E-state index contributed by atoms with van der Waals surface area (Å²) in [7, 11) is -2.09. The van der Waals surface area contributed by atoms with Crippen LogP contribution in [0.1, 0.15) is 12.5 Å². The van der Waals surface area contributed by atoms with Gasteiger partial charge in [0.1, 0.15) is 42.4 Å². The molecule has 0 spiro atoms. The summed E-state index contributed by atoms with van der Waals surface area (Å²) in [5.74, 6) is -0.102. The Balaban J connectivity index is 1.18. The van der Waals surface area contributed by atoms with E-state index in [9.17, 15) is 14.5 Å². The van der Waals surface area contributed by atoms with Gasteiger partial charge in [-0.2, -0.15) is 4.98 Å². The number of nitrogens with two attached hydrogens (primary N) is 2. The van der Waals surface area contributed by atoms with Crippen LogP contribution in [0.4, 0.5) is 16.2 Å². The van der Waals surface area contributed by atoms with Crippen LogP contribution >= 0.6 is 38.9 Å². The molecule has 3 saturated heterocycles. The van der Waals surface area contributed by atoms with Gasteiger partial charge in [0.05, 0.1) is 25.9 Å². The molecule has 3 aliphatic rings. The van der Waals surface area contributed by atoms with Crippen molar-refractivity contribution >= 4 is 73.0 Å². The zero-order chi connectivity index (χ0) is 30.9. The SMILES string of the molecule is Nc1nc2c(ncn2C2OC3CO[P@](S)OC4C(CO[P@](=O)(S)OC2C3O)OC(n2cnc3c(N)ncnc32)C4F)c(=O)[nH]1.